The molecule has 6 heteroatoms. The first-order valence-electron chi connectivity index (χ1n) is 9.28. The Bertz CT molecular complexity index is 954. The van der Waals surface area contributed by atoms with E-state index >= 15 is 0 Å². The van der Waals surface area contributed by atoms with Crippen LogP contribution in [0.3, 0.4) is 0 Å². The second kappa shape index (κ2) is 7.91. The minimum Gasteiger partial charge on any atom is -0.355 e. The molecule has 0 unspecified atom stereocenters. The zero-order chi connectivity index (χ0) is 18.8. The normalized spacial score (nSPS) is 14.6. The first-order chi connectivity index (χ1) is 13.1. The van der Waals surface area contributed by atoms with Crippen molar-refractivity contribution in [2.24, 2.45) is 0 Å². The Morgan fingerprint density at radius 2 is 1.81 bits per heavy atom. The molecule has 3 aromatic rings. The van der Waals surface area contributed by atoms with Crippen LogP contribution in [-0.2, 0) is 6.54 Å². The van der Waals surface area contributed by atoms with Gasteiger partial charge in [0, 0.05) is 25.0 Å². The van der Waals surface area contributed by atoms with Crippen LogP contribution in [0.1, 0.15) is 31.2 Å². The Morgan fingerprint density at radius 3 is 2.59 bits per heavy atom. The van der Waals surface area contributed by atoms with Crippen molar-refractivity contribution in [2.75, 3.05) is 17.3 Å². The number of halogens is 2. The number of nitrogens with zero attached hydrogens (tertiary/aromatic N) is 3. The van der Waals surface area contributed by atoms with Crippen molar-refractivity contribution in [3.8, 4) is 0 Å². The Balaban J connectivity index is 1.66. The van der Waals surface area contributed by atoms with E-state index in [9.17, 15) is 0 Å². The highest BCUT2D eigenvalue weighted by Crippen LogP contribution is 2.29. The van der Waals surface area contributed by atoms with E-state index in [0.717, 1.165) is 22.3 Å². The lowest BCUT2D eigenvalue weighted by Gasteiger charge is -2.22. The van der Waals surface area contributed by atoms with E-state index < -0.39 is 0 Å². The minimum atomic E-state index is 0.472. The van der Waals surface area contributed by atoms with E-state index in [4.69, 9.17) is 33.2 Å². The zero-order valence-electron chi connectivity index (χ0n) is 15.3. The summed E-state index contributed by atoms with van der Waals surface area (Å²) in [6.45, 7) is 0.681. The number of hydrogen-bond acceptors (Lipinski definition) is 4. The third-order valence-corrected chi connectivity index (χ3v) is 5.78. The van der Waals surface area contributed by atoms with Gasteiger partial charge in [0.2, 0.25) is 5.95 Å². The van der Waals surface area contributed by atoms with Gasteiger partial charge in [0.05, 0.1) is 15.6 Å². The van der Waals surface area contributed by atoms with Gasteiger partial charge < -0.3 is 10.2 Å². The summed E-state index contributed by atoms with van der Waals surface area (Å²) in [5.74, 6) is 1.61. The van der Waals surface area contributed by atoms with Crippen LogP contribution in [0.4, 0.5) is 11.8 Å². The Labute approximate surface area is 169 Å². The van der Waals surface area contributed by atoms with Crippen molar-refractivity contribution >= 4 is 45.9 Å². The van der Waals surface area contributed by atoms with Gasteiger partial charge in [-0.2, -0.15) is 4.98 Å². The number of aromatic nitrogens is 2. The van der Waals surface area contributed by atoms with Crippen LogP contribution in [0.5, 0.6) is 0 Å². The van der Waals surface area contributed by atoms with Crippen molar-refractivity contribution in [2.45, 2.75) is 38.3 Å². The third kappa shape index (κ3) is 4.12. The molecule has 1 aliphatic rings. The summed E-state index contributed by atoms with van der Waals surface area (Å²) in [4.78, 5) is 11.7. The second-order valence-corrected chi connectivity index (χ2v) is 7.93. The van der Waals surface area contributed by atoms with Crippen LogP contribution in [0, 0.1) is 0 Å². The Kier molecular flexibility index (Phi) is 5.37. The fourth-order valence-corrected chi connectivity index (χ4v) is 3.98. The van der Waals surface area contributed by atoms with Crippen molar-refractivity contribution in [1.29, 1.82) is 0 Å². The number of rotatable bonds is 5. The molecule has 1 heterocycles. The molecular formula is C21H22Cl2N4. The molecule has 0 radical (unpaired) electrons. The van der Waals surface area contributed by atoms with Gasteiger partial charge in [-0.05, 0) is 42.7 Å². The Morgan fingerprint density at radius 1 is 1.04 bits per heavy atom. The highest BCUT2D eigenvalue weighted by molar-refractivity contribution is 6.42. The van der Waals surface area contributed by atoms with Gasteiger partial charge in [0.25, 0.3) is 0 Å². The topological polar surface area (TPSA) is 41.1 Å². The molecule has 1 saturated carbocycles. The molecule has 4 rings (SSSR count). The lowest BCUT2D eigenvalue weighted by atomic mass is 10.2. The molecule has 27 heavy (non-hydrogen) atoms. The largest absolute Gasteiger partial charge is 0.355 e. The molecule has 0 saturated heterocycles. The molecule has 1 N–H and O–H groups in total. The van der Waals surface area contributed by atoms with E-state index in [1.165, 1.54) is 25.7 Å². The SMILES string of the molecule is CN(Cc1ccc(Cl)c(Cl)c1)c1nc(NC2CCCC2)nc2ccccc12. The van der Waals surface area contributed by atoms with Gasteiger partial charge in [0.15, 0.2) is 0 Å². The summed E-state index contributed by atoms with van der Waals surface area (Å²) in [7, 11) is 2.04. The fraction of sp³-hybridized carbons (Fsp3) is 0.333. The fourth-order valence-electron chi connectivity index (χ4n) is 3.65. The lowest BCUT2D eigenvalue weighted by molar-refractivity contribution is 0.744. The minimum absolute atomic E-state index is 0.472. The van der Waals surface area contributed by atoms with E-state index in [1.807, 2.05) is 43.4 Å². The molecule has 1 fully saturated rings. The molecule has 2 aromatic carbocycles. The monoisotopic (exact) mass is 400 g/mol. The maximum atomic E-state index is 6.17. The molecule has 0 aliphatic heterocycles. The standard InChI is InChI=1S/C21H22Cl2N4/c1-27(13-14-10-11-17(22)18(23)12-14)20-16-8-4-5-9-19(16)25-21(26-20)24-15-6-2-3-7-15/h4-5,8-12,15H,2-3,6-7,13H2,1H3,(H,24,25,26). The van der Waals surface area contributed by atoms with Crippen molar-refractivity contribution in [3.63, 3.8) is 0 Å². The predicted molar refractivity (Wildman–Crippen MR) is 114 cm³/mol. The van der Waals surface area contributed by atoms with Gasteiger partial charge in [-0.1, -0.05) is 54.2 Å². The molecule has 0 amide bonds. The molecule has 1 aliphatic carbocycles. The van der Waals surface area contributed by atoms with Crippen molar-refractivity contribution in [1.82, 2.24) is 9.97 Å². The molecule has 0 atom stereocenters. The first-order valence-corrected chi connectivity index (χ1v) is 10.0. The number of hydrogen-bond donors (Lipinski definition) is 1. The summed E-state index contributed by atoms with van der Waals surface area (Å²) in [6.07, 6.45) is 4.92. The van der Waals surface area contributed by atoms with Crippen LogP contribution in [0.25, 0.3) is 10.9 Å². The lowest BCUT2D eigenvalue weighted by Crippen LogP contribution is -2.21. The first kappa shape index (κ1) is 18.3. The Hall–Kier alpha value is -2.04. The quantitative estimate of drug-likeness (QED) is 0.576. The number of para-hydroxylation sites is 1. The summed E-state index contributed by atoms with van der Waals surface area (Å²) in [5, 5.41) is 5.70. The van der Waals surface area contributed by atoms with Crippen LogP contribution in [-0.4, -0.2) is 23.1 Å². The highest BCUT2D eigenvalue weighted by atomic mass is 35.5. The number of anilines is 2. The molecule has 0 bridgehead atoms. The van der Waals surface area contributed by atoms with Gasteiger partial charge in [-0.15, -0.1) is 0 Å². The van der Waals surface area contributed by atoms with E-state index in [1.54, 1.807) is 0 Å². The van der Waals surface area contributed by atoms with Crippen molar-refractivity contribution in [3.05, 3.63) is 58.1 Å². The van der Waals surface area contributed by atoms with Crippen LogP contribution < -0.4 is 10.2 Å². The third-order valence-electron chi connectivity index (χ3n) is 5.04. The molecular weight excluding hydrogens is 379 g/mol. The molecule has 1 aromatic heterocycles. The summed E-state index contributed by atoms with van der Waals surface area (Å²) in [6, 6.07) is 14.3. The van der Waals surface area contributed by atoms with Crippen molar-refractivity contribution < 1.29 is 0 Å². The molecule has 4 nitrogen and oxygen atoms in total. The van der Waals surface area contributed by atoms with Gasteiger partial charge in [0.1, 0.15) is 5.82 Å². The predicted octanol–water partition coefficient (Wildman–Crippen LogP) is 5.93. The second-order valence-electron chi connectivity index (χ2n) is 7.12. The number of nitrogens with one attached hydrogen (secondary N) is 1. The summed E-state index contributed by atoms with van der Waals surface area (Å²) >= 11 is 12.2. The average Bonchev–Trinajstić information content (AvgIpc) is 3.17. The van der Waals surface area contributed by atoms with E-state index in [-0.39, 0.29) is 0 Å². The van der Waals surface area contributed by atoms with Crippen LogP contribution in [0.15, 0.2) is 42.5 Å². The van der Waals surface area contributed by atoms with E-state index in [0.29, 0.717) is 28.6 Å². The van der Waals surface area contributed by atoms with Gasteiger partial charge in [-0.25, -0.2) is 4.98 Å². The number of benzene rings is 2. The zero-order valence-corrected chi connectivity index (χ0v) is 16.8. The van der Waals surface area contributed by atoms with Gasteiger partial charge in [-0.3, -0.25) is 0 Å². The van der Waals surface area contributed by atoms with Gasteiger partial charge >= 0.3 is 0 Å². The maximum Gasteiger partial charge on any atom is 0.225 e. The molecule has 0 spiro atoms. The smallest absolute Gasteiger partial charge is 0.225 e. The van der Waals surface area contributed by atoms with Crippen LogP contribution >= 0.6 is 23.2 Å². The van der Waals surface area contributed by atoms with E-state index in [2.05, 4.69) is 16.3 Å². The summed E-state index contributed by atoms with van der Waals surface area (Å²) < 4.78 is 0. The highest BCUT2D eigenvalue weighted by Gasteiger charge is 2.18. The molecule has 140 valence electrons. The summed E-state index contributed by atoms with van der Waals surface area (Å²) in [5.41, 5.74) is 2.03. The maximum absolute atomic E-state index is 6.17. The van der Waals surface area contributed by atoms with Crippen LogP contribution in [0.2, 0.25) is 10.0 Å². The average molecular weight is 401 g/mol. The number of fused-ring (bicyclic) bond motifs is 1.